The molecule has 40 heavy (non-hydrogen) atoms. The number of hydrogen-bond acceptors (Lipinski definition) is 4. The van der Waals surface area contributed by atoms with E-state index in [1.54, 1.807) is 0 Å². The largest absolute Gasteiger partial charge is 0.493 e. The molecule has 4 heteroatoms. The fourth-order valence-electron chi connectivity index (χ4n) is 5.63. The minimum absolute atomic E-state index is 0.131. The Hall–Kier alpha value is -3.11. The van der Waals surface area contributed by atoms with Crippen molar-refractivity contribution in [2.24, 2.45) is 0 Å². The number of carbonyl (C=O) groups excluding carboxylic acids is 1. The van der Waals surface area contributed by atoms with Crippen LogP contribution in [0, 0.1) is 0 Å². The molecule has 3 aromatic rings. The molecule has 0 unspecified atom stereocenters. The molecule has 214 valence electrons. The maximum Gasteiger partial charge on any atom is 0.338 e. The highest BCUT2D eigenvalue weighted by atomic mass is 16.5. The Morgan fingerprint density at radius 1 is 0.825 bits per heavy atom. The van der Waals surface area contributed by atoms with Crippen LogP contribution < -0.4 is 10.1 Å². The summed E-state index contributed by atoms with van der Waals surface area (Å²) in [5.41, 5.74) is 8.21. The van der Waals surface area contributed by atoms with Crippen molar-refractivity contribution in [1.29, 1.82) is 0 Å². The number of unbranched alkanes of at least 4 members (excludes halogenated alkanes) is 1. The molecule has 1 N–H and O–H groups in total. The highest BCUT2D eigenvalue weighted by molar-refractivity contribution is 5.90. The average Bonchev–Trinajstić information content (AvgIpc) is 2.93. The topological polar surface area (TPSA) is 47.6 Å². The van der Waals surface area contributed by atoms with Crippen molar-refractivity contribution in [2.75, 3.05) is 19.8 Å². The summed E-state index contributed by atoms with van der Waals surface area (Å²) >= 11 is 0. The van der Waals surface area contributed by atoms with Crippen molar-refractivity contribution in [2.45, 2.75) is 91.0 Å². The molecule has 4 nitrogen and oxygen atoms in total. The van der Waals surface area contributed by atoms with E-state index in [-0.39, 0.29) is 16.8 Å². The molecule has 4 rings (SSSR count). The van der Waals surface area contributed by atoms with Gasteiger partial charge in [0, 0.05) is 11.6 Å². The molecule has 1 aliphatic rings. The van der Waals surface area contributed by atoms with Crippen LogP contribution in [0.1, 0.15) is 95.6 Å². The Labute approximate surface area is 241 Å². The van der Waals surface area contributed by atoms with Crippen molar-refractivity contribution in [3.8, 4) is 28.0 Å². The first-order valence-electron chi connectivity index (χ1n) is 14.9. The second-order valence-corrected chi connectivity index (χ2v) is 12.7. The summed E-state index contributed by atoms with van der Waals surface area (Å²) in [6, 6.07) is 21.6. The summed E-state index contributed by atoms with van der Waals surface area (Å²) in [4.78, 5) is 12.1. The molecule has 0 aliphatic heterocycles. The molecule has 0 saturated carbocycles. The van der Waals surface area contributed by atoms with Gasteiger partial charge in [-0.25, -0.2) is 4.79 Å². The van der Waals surface area contributed by atoms with Crippen LogP contribution in [0.2, 0.25) is 0 Å². The Morgan fingerprint density at radius 3 is 2.15 bits per heavy atom. The summed E-state index contributed by atoms with van der Waals surface area (Å²) in [5, 5.41) is 3.48. The highest BCUT2D eigenvalue weighted by Gasteiger charge is 2.37. The van der Waals surface area contributed by atoms with Gasteiger partial charge in [0.25, 0.3) is 0 Å². The fraction of sp³-hybridized carbons (Fsp3) is 0.472. The first kappa shape index (κ1) is 29.9. The second-order valence-electron chi connectivity index (χ2n) is 12.7. The molecule has 0 radical (unpaired) electrons. The van der Waals surface area contributed by atoms with Crippen LogP contribution in [0.5, 0.6) is 5.75 Å². The number of rotatable bonds is 11. The quantitative estimate of drug-likeness (QED) is 0.195. The van der Waals surface area contributed by atoms with Gasteiger partial charge in [0.2, 0.25) is 0 Å². The van der Waals surface area contributed by atoms with Gasteiger partial charge in [0.1, 0.15) is 5.75 Å². The third-order valence-corrected chi connectivity index (χ3v) is 8.25. The molecule has 0 fully saturated rings. The van der Waals surface area contributed by atoms with Crippen LogP contribution >= 0.6 is 0 Å². The monoisotopic (exact) mass is 541 g/mol. The van der Waals surface area contributed by atoms with E-state index in [4.69, 9.17) is 9.47 Å². The first-order valence-corrected chi connectivity index (χ1v) is 14.9. The Kier molecular flexibility index (Phi) is 9.41. The van der Waals surface area contributed by atoms with E-state index in [2.05, 4.69) is 83.3 Å². The van der Waals surface area contributed by atoms with Gasteiger partial charge in [-0.3, -0.25) is 0 Å². The lowest BCUT2D eigenvalue weighted by Gasteiger charge is -2.42. The van der Waals surface area contributed by atoms with Gasteiger partial charge in [-0.05, 0) is 102 Å². The number of benzene rings is 3. The van der Waals surface area contributed by atoms with Crippen molar-refractivity contribution < 1.29 is 14.3 Å². The summed E-state index contributed by atoms with van der Waals surface area (Å²) in [7, 11) is 0. The summed E-state index contributed by atoms with van der Waals surface area (Å²) in [5.74, 6) is 0.623. The number of esters is 1. The lowest BCUT2D eigenvalue weighted by atomic mass is 9.63. The Balaban J connectivity index is 1.68. The lowest BCUT2D eigenvalue weighted by molar-refractivity contribution is 0.0526. The van der Waals surface area contributed by atoms with Crippen molar-refractivity contribution >= 4 is 5.97 Å². The van der Waals surface area contributed by atoms with Crippen LogP contribution in [0.3, 0.4) is 0 Å². The SMILES string of the molecule is CCOC(=O)c1ccc(-c2ccc(OCCCCNC(C)C)c(-c3ccc4c(c3)C(C)(C)CCC4(C)C)c2)cc1. The Morgan fingerprint density at radius 2 is 1.48 bits per heavy atom. The normalized spacial score (nSPS) is 15.5. The number of carbonyl (C=O) groups is 1. The molecule has 0 amide bonds. The molecule has 0 saturated heterocycles. The van der Waals surface area contributed by atoms with E-state index < -0.39 is 0 Å². The van der Waals surface area contributed by atoms with E-state index in [0.29, 0.717) is 24.8 Å². The molecule has 0 bridgehead atoms. The number of hydrogen-bond donors (Lipinski definition) is 1. The zero-order chi connectivity index (χ0) is 28.9. The molecular weight excluding hydrogens is 494 g/mol. The predicted molar refractivity (Wildman–Crippen MR) is 166 cm³/mol. The van der Waals surface area contributed by atoms with Gasteiger partial charge in [-0.2, -0.15) is 0 Å². The van der Waals surface area contributed by atoms with Crippen LogP contribution in [-0.2, 0) is 15.6 Å². The first-order chi connectivity index (χ1) is 19.0. The van der Waals surface area contributed by atoms with Gasteiger partial charge < -0.3 is 14.8 Å². The molecule has 0 heterocycles. The van der Waals surface area contributed by atoms with Gasteiger partial charge in [0.05, 0.1) is 18.8 Å². The number of fused-ring (bicyclic) bond motifs is 1. The maximum atomic E-state index is 12.1. The molecular formula is C36H47NO3. The smallest absolute Gasteiger partial charge is 0.338 e. The van der Waals surface area contributed by atoms with Gasteiger partial charge in [-0.15, -0.1) is 0 Å². The van der Waals surface area contributed by atoms with E-state index in [1.807, 2.05) is 31.2 Å². The predicted octanol–water partition coefficient (Wildman–Crippen LogP) is 8.70. The molecule has 1 aliphatic carbocycles. The minimum atomic E-state index is -0.290. The van der Waals surface area contributed by atoms with Gasteiger partial charge in [0.15, 0.2) is 0 Å². The van der Waals surface area contributed by atoms with E-state index >= 15 is 0 Å². The summed E-state index contributed by atoms with van der Waals surface area (Å²) < 4.78 is 11.6. The van der Waals surface area contributed by atoms with Crippen molar-refractivity contribution in [3.63, 3.8) is 0 Å². The second kappa shape index (κ2) is 12.6. The lowest BCUT2D eigenvalue weighted by Crippen LogP contribution is -2.33. The summed E-state index contributed by atoms with van der Waals surface area (Å²) in [6.45, 7) is 17.7. The Bertz CT molecular complexity index is 1300. The molecule has 0 atom stereocenters. The zero-order valence-electron chi connectivity index (χ0n) is 25.5. The van der Waals surface area contributed by atoms with Crippen molar-refractivity contribution in [1.82, 2.24) is 5.32 Å². The summed E-state index contributed by atoms with van der Waals surface area (Å²) in [6.07, 6.45) is 4.46. The third kappa shape index (κ3) is 6.96. The highest BCUT2D eigenvalue weighted by Crippen LogP contribution is 2.47. The van der Waals surface area contributed by atoms with Crippen molar-refractivity contribution in [3.05, 3.63) is 77.4 Å². The molecule has 0 spiro atoms. The van der Waals surface area contributed by atoms with Crippen LogP contribution in [0.25, 0.3) is 22.3 Å². The number of ether oxygens (including phenoxy) is 2. The zero-order valence-corrected chi connectivity index (χ0v) is 25.5. The molecule has 3 aromatic carbocycles. The van der Waals surface area contributed by atoms with Crippen LogP contribution in [-0.4, -0.2) is 31.8 Å². The average molecular weight is 542 g/mol. The van der Waals surface area contributed by atoms with Crippen LogP contribution in [0.4, 0.5) is 0 Å². The fourth-order valence-corrected chi connectivity index (χ4v) is 5.63. The minimum Gasteiger partial charge on any atom is -0.493 e. The van der Waals surface area contributed by atoms with E-state index in [1.165, 1.54) is 29.5 Å². The van der Waals surface area contributed by atoms with Gasteiger partial charge in [-0.1, -0.05) is 77.9 Å². The standard InChI is InChI=1S/C36H47NO3/c1-8-39-34(38)27-13-11-26(12-14-27)28-16-18-33(40-22-10-9-21-37-25(2)3)30(23-28)29-15-17-31-32(24-29)36(6,7)20-19-35(31,4)5/h11-18,23-25,37H,8-10,19-22H2,1-7H3. The van der Waals surface area contributed by atoms with E-state index in [9.17, 15) is 4.79 Å². The van der Waals surface area contributed by atoms with Crippen LogP contribution in [0.15, 0.2) is 60.7 Å². The van der Waals surface area contributed by atoms with Gasteiger partial charge >= 0.3 is 5.97 Å². The number of nitrogens with one attached hydrogen (secondary N) is 1. The molecule has 0 aromatic heterocycles. The van der Waals surface area contributed by atoms with E-state index in [0.717, 1.165) is 41.8 Å². The maximum absolute atomic E-state index is 12.1. The third-order valence-electron chi connectivity index (χ3n) is 8.25.